The third-order valence-electron chi connectivity index (χ3n) is 3.95. The summed E-state index contributed by atoms with van der Waals surface area (Å²) in [6.07, 6.45) is 2.65. The smallest absolute Gasteiger partial charge is 0.225 e. The average Bonchev–Trinajstić information content (AvgIpc) is 2.93. The lowest BCUT2D eigenvalue weighted by Crippen LogP contribution is -2.35. The Kier molecular flexibility index (Phi) is 5.44. The van der Waals surface area contributed by atoms with Gasteiger partial charge in [-0.1, -0.05) is 12.1 Å². The van der Waals surface area contributed by atoms with Crippen molar-refractivity contribution in [3.63, 3.8) is 0 Å². The van der Waals surface area contributed by atoms with Crippen LogP contribution in [-0.4, -0.2) is 44.2 Å². The van der Waals surface area contributed by atoms with Crippen molar-refractivity contribution >= 4 is 5.91 Å². The molecule has 1 amide bonds. The summed E-state index contributed by atoms with van der Waals surface area (Å²) >= 11 is 0. The Hall–Kier alpha value is -1.75. The third-order valence-corrected chi connectivity index (χ3v) is 3.95. The Morgan fingerprint density at radius 2 is 2.05 bits per heavy atom. The minimum Gasteiger partial charge on any atom is -0.493 e. The van der Waals surface area contributed by atoms with Gasteiger partial charge in [0.15, 0.2) is 11.5 Å². The van der Waals surface area contributed by atoms with Crippen LogP contribution in [-0.2, 0) is 4.79 Å². The first-order valence-corrected chi connectivity index (χ1v) is 7.38. The van der Waals surface area contributed by atoms with Gasteiger partial charge in [0.05, 0.1) is 13.7 Å². The number of carbonyl (C=O) groups is 1. The third kappa shape index (κ3) is 4.11. The minimum absolute atomic E-state index is 0.0799. The highest BCUT2D eigenvalue weighted by molar-refractivity contribution is 5.78. The van der Waals surface area contributed by atoms with Gasteiger partial charge in [-0.15, -0.1) is 0 Å². The maximum atomic E-state index is 12.2. The normalized spacial score (nSPS) is 21.1. The molecular weight excluding hydrogens is 268 g/mol. The van der Waals surface area contributed by atoms with Crippen LogP contribution < -0.4 is 15.2 Å². The van der Waals surface area contributed by atoms with E-state index in [-0.39, 0.29) is 17.9 Å². The molecule has 2 rings (SSSR count). The van der Waals surface area contributed by atoms with Gasteiger partial charge in [-0.3, -0.25) is 4.79 Å². The molecule has 1 aromatic carbocycles. The van der Waals surface area contributed by atoms with Crippen molar-refractivity contribution in [2.45, 2.75) is 25.3 Å². The van der Waals surface area contributed by atoms with E-state index in [4.69, 9.17) is 15.2 Å². The molecule has 0 aromatic heterocycles. The number of methoxy groups -OCH3 is 1. The zero-order chi connectivity index (χ0) is 15.2. The number of benzene rings is 1. The fourth-order valence-electron chi connectivity index (χ4n) is 2.69. The molecule has 2 N–H and O–H groups in total. The molecule has 1 saturated carbocycles. The van der Waals surface area contributed by atoms with Gasteiger partial charge in [-0.2, -0.15) is 0 Å². The molecule has 1 aliphatic carbocycles. The van der Waals surface area contributed by atoms with E-state index < -0.39 is 0 Å². The molecule has 5 heteroatoms. The van der Waals surface area contributed by atoms with Gasteiger partial charge in [0, 0.05) is 19.0 Å². The maximum Gasteiger partial charge on any atom is 0.225 e. The fraction of sp³-hybridized carbons (Fsp3) is 0.562. The van der Waals surface area contributed by atoms with Crippen molar-refractivity contribution in [1.82, 2.24) is 4.90 Å². The van der Waals surface area contributed by atoms with Gasteiger partial charge in [0.1, 0.15) is 6.61 Å². The number of ether oxygens (including phenoxy) is 2. The first-order chi connectivity index (χ1) is 10.1. The summed E-state index contributed by atoms with van der Waals surface area (Å²) < 4.78 is 10.9. The van der Waals surface area contributed by atoms with Crippen LogP contribution in [0.4, 0.5) is 0 Å². The van der Waals surface area contributed by atoms with Crippen molar-refractivity contribution < 1.29 is 14.3 Å². The number of carbonyl (C=O) groups excluding carboxylic acids is 1. The van der Waals surface area contributed by atoms with Crippen LogP contribution >= 0.6 is 0 Å². The zero-order valence-electron chi connectivity index (χ0n) is 12.7. The molecule has 0 spiro atoms. The van der Waals surface area contributed by atoms with Crippen molar-refractivity contribution in [2.75, 3.05) is 27.3 Å². The second-order valence-electron chi connectivity index (χ2n) is 5.53. The summed E-state index contributed by atoms with van der Waals surface area (Å²) in [7, 11) is 3.43. The molecule has 0 bridgehead atoms. The second kappa shape index (κ2) is 7.31. The van der Waals surface area contributed by atoms with Gasteiger partial charge in [-0.05, 0) is 31.4 Å². The van der Waals surface area contributed by atoms with Crippen molar-refractivity contribution in [2.24, 2.45) is 11.7 Å². The standard InChI is InChI=1S/C16H24N2O3/c1-18(16(19)12-7-8-13(17)11-12)9-10-21-15-6-4-3-5-14(15)20-2/h3-6,12-13H,7-11,17H2,1-2H3/t12-,13+/m1/s1. The van der Waals surface area contributed by atoms with Gasteiger partial charge >= 0.3 is 0 Å². The largest absolute Gasteiger partial charge is 0.493 e. The molecule has 0 unspecified atom stereocenters. The second-order valence-corrected chi connectivity index (χ2v) is 5.53. The molecule has 0 heterocycles. The Balaban J connectivity index is 1.78. The highest BCUT2D eigenvalue weighted by Crippen LogP contribution is 2.27. The number of para-hydroxylation sites is 2. The van der Waals surface area contributed by atoms with E-state index in [1.54, 1.807) is 12.0 Å². The molecule has 1 aromatic rings. The van der Waals surface area contributed by atoms with Crippen molar-refractivity contribution in [1.29, 1.82) is 0 Å². The van der Waals surface area contributed by atoms with E-state index in [0.717, 1.165) is 19.3 Å². The van der Waals surface area contributed by atoms with Crippen LogP contribution in [0.3, 0.4) is 0 Å². The lowest BCUT2D eigenvalue weighted by Gasteiger charge is -2.21. The maximum absolute atomic E-state index is 12.2. The highest BCUT2D eigenvalue weighted by Gasteiger charge is 2.29. The van der Waals surface area contributed by atoms with E-state index in [1.807, 2.05) is 31.3 Å². The number of likely N-dealkylation sites (N-methyl/N-ethyl adjacent to an activating group) is 1. The van der Waals surface area contributed by atoms with Crippen LogP contribution in [0.5, 0.6) is 11.5 Å². The molecular formula is C16H24N2O3. The summed E-state index contributed by atoms with van der Waals surface area (Å²) in [4.78, 5) is 14.0. The fourth-order valence-corrected chi connectivity index (χ4v) is 2.69. The van der Waals surface area contributed by atoms with E-state index >= 15 is 0 Å². The van der Waals surface area contributed by atoms with E-state index in [0.29, 0.717) is 24.7 Å². The van der Waals surface area contributed by atoms with E-state index in [2.05, 4.69) is 0 Å². The first kappa shape index (κ1) is 15.6. The van der Waals surface area contributed by atoms with Crippen LogP contribution in [0.2, 0.25) is 0 Å². The van der Waals surface area contributed by atoms with Crippen molar-refractivity contribution in [3.05, 3.63) is 24.3 Å². The predicted octanol–water partition coefficient (Wildman–Crippen LogP) is 1.66. The number of nitrogens with two attached hydrogens (primary N) is 1. The molecule has 116 valence electrons. The molecule has 2 atom stereocenters. The Morgan fingerprint density at radius 3 is 2.67 bits per heavy atom. The number of amides is 1. The monoisotopic (exact) mass is 292 g/mol. The summed E-state index contributed by atoms with van der Waals surface area (Å²) in [5.74, 6) is 1.65. The van der Waals surface area contributed by atoms with E-state index in [1.165, 1.54) is 0 Å². The first-order valence-electron chi connectivity index (χ1n) is 7.38. The number of nitrogens with zero attached hydrogens (tertiary/aromatic N) is 1. The number of rotatable bonds is 6. The van der Waals surface area contributed by atoms with Gasteiger partial charge in [0.2, 0.25) is 5.91 Å². The minimum atomic E-state index is 0.0799. The van der Waals surface area contributed by atoms with Gasteiger partial charge < -0.3 is 20.1 Å². The van der Waals surface area contributed by atoms with Crippen LogP contribution in [0.25, 0.3) is 0 Å². The molecule has 1 aliphatic rings. The summed E-state index contributed by atoms with van der Waals surface area (Å²) in [5, 5.41) is 0. The molecule has 1 fully saturated rings. The number of hydrogen-bond acceptors (Lipinski definition) is 4. The number of hydrogen-bond donors (Lipinski definition) is 1. The van der Waals surface area contributed by atoms with Gasteiger partial charge in [0.25, 0.3) is 0 Å². The van der Waals surface area contributed by atoms with E-state index in [9.17, 15) is 4.79 Å². The Labute approximate surface area is 126 Å². The average molecular weight is 292 g/mol. The Bertz CT molecular complexity index is 478. The van der Waals surface area contributed by atoms with Gasteiger partial charge in [-0.25, -0.2) is 0 Å². The summed E-state index contributed by atoms with van der Waals surface area (Å²) in [6.45, 7) is 1.00. The lowest BCUT2D eigenvalue weighted by atomic mass is 10.1. The zero-order valence-corrected chi connectivity index (χ0v) is 12.7. The predicted molar refractivity (Wildman–Crippen MR) is 81.4 cm³/mol. The molecule has 5 nitrogen and oxygen atoms in total. The molecule has 0 radical (unpaired) electrons. The summed E-state index contributed by atoms with van der Waals surface area (Å²) in [6, 6.07) is 7.68. The van der Waals surface area contributed by atoms with Crippen LogP contribution in [0, 0.1) is 5.92 Å². The highest BCUT2D eigenvalue weighted by atomic mass is 16.5. The van der Waals surface area contributed by atoms with Crippen LogP contribution in [0.1, 0.15) is 19.3 Å². The SMILES string of the molecule is COc1ccccc1OCCN(C)C(=O)[C@@H]1CC[C@H](N)C1. The molecule has 0 aliphatic heterocycles. The Morgan fingerprint density at radius 1 is 1.33 bits per heavy atom. The summed E-state index contributed by atoms with van der Waals surface area (Å²) in [5.41, 5.74) is 5.86. The van der Waals surface area contributed by atoms with Crippen molar-refractivity contribution in [3.8, 4) is 11.5 Å². The quantitative estimate of drug-likeness (QED) is 0.866. The topological polar surface area (TPSA) is 64.8 Å². The molecule has 0 saturated heterocycles. The molecule has 21 heavy (non-hydrogen) atoms. The van der Waals surface area contributed by atoms with Crippen LogP contribution in [0.15, 0.2) is 24.3 Å². The lowest BCUT2D eigenvalue weighted by molar-refractivity contribution is -0.134.